The first kappa shape index (κ1) is 27.6. The summed E-state index contributed by atoms with van der Waals surface area (Å²) in [6, 6.07) is 14.5. The van der Waals surface area contributed by atoms with Gasteiger partial charge >= 0.3 is 0 Å². The van der Waals surface area contributed by atoms with Gasteiger partial charge in [0.25, 0.3) is 0 Å². The summed E-state index contributed by atoms with van der Waals surface area (Å²) in [6.45, 7) is 3.71. The van der Waals surface area contributed by atoms with Gasteiger partial charge in [0.05, 0.1) is 34.1 Å². The lowest BCUT2D eigenvalue weighted by Gasteiger charge is -2.26. The van der Waals surface area contributed by atoms with Gasteiger partial charge in [0.15, 0.2) is 29.9 Å². The van der Waals surface area contributed by atoms with Crippen LogP contribution in [0.4, 0.5) is 11.4 Å². The van der Waals surface area contributed by atoms with E-state index in [-0.39, 0.29) is 23.0 Å². The van der Waals surface area contributed by atoms with Crippen LogP contribution >= 0.6 is 24.4 Å². The molecule has 2 atom stereocenters. The summed E-state index contributed by atoms with van der Waals surface area (Å²) in [6.07, 6.45) is 1.04. The number of nitrogens with one attached hydrogen (secondary N) is 4. The lowest BCUT2D eigenvalue weighted by Crippen LogP contribution is -2.48. The lowest BCUT2D eigenvalue weighted by molar-refractivity contribution is 0.474. The van der Waals surface area contributed by atoms with Crippen molar-refractivity contribution in [3.05, 3.63) is 48.5 Å². The Bertz CT molecular complexity index is 1290. The van der Waals surface area contributed by atoms with E-state index in [1.54, 1.807) is 24.3 Å². The van der Waals surface area contributed by atoms with E-state index >= 15 is 0 Å². The van der Waals surface area contributed by atoms with E-state index in [1.807, 2.05) is 38.1 Å². The monoisotopic (exact) mass is 582 g/mol. The van der Waals surface area contributed by atoms with Crippen LogP contribution in [0, 0.1) is 0 Å². The predicted octanol–water partition coefficient (Wildman–Crippen LogP) is 3.21. The Morgan fingerprint density at radius 2 is 1.05 bits per heavy atom. The van der Waals surface area contributed by atoms with E-state index in [2.05, 4.69) is 21.3 Å². The minimum Gasteiger partial charge on any atom is -0.457 e. The van der Waals surface area contributed by atoms with Crippen molar-refractivity contribution in [3.63, 3.8) is 0 Å². The fourth-order valence-electron chi connectivity index (χ4n) is 4.44. The first-order valence-corrected chi connectivity index (χ1v) is 16.2. The molecule has 2 aromatic carbocycles. The van der Waals surface area contributed by atoms with Crippen LogP contribution in [-0.4, -0.2) is 61.1 Å². The zero-order chi connectivity index (χ0) is 26.9. The fourth-order valence-corrected chi connectivity index (χ4v) is 9.35. The summed E-state index contributed by atoms with van der Waals surface area (Å²) in [5, 5.41) is 13.1. The van der Waals surface area contributed by atoms with Crippen molar-refractivity contribution in [2.24, 2.45) is 0 Å². The van der Waals surface area contributed by atoms with Crippen molar-refractivity contribution in [3.8, 4) is 11.5 Å². The second-order valence-electron chi connectivity index (χ2n) is 10.1. The zero-order valence-corrected chi connectivity index (χ0v) is 23.8. The average molecular weight is 583 g/mol. The standard InChI is InChI=1S/C24H30N4O5S4/c1-23(11-13-36(29,30)15-23)27-21(34)25-17-3-7-19(8-4-17)33-20-9-5-18(6-10-20)26-22(35)28-24(2)12-14-37(31,32)16-24/h3-10H,11-16H2,1-2H3,(H2,25,27,34)(H2,26,28,35). The molecule has 2 unspecified atom stereocenters. The minimum atomic E-state index is -3.03. The van der Waals surface area contributed by atoms with Gasteiger partial charge in [-0.1, -0.05) is 0 Å². The SMILES string of the molecule is CC1(NC(=S)Nc2ccc(Oc3ccc(NC(=S)NC4(C)CCS(=O)(=O)C4)cc3)cc2)CCS(=O)(=O)C1. The Balaban J connectivity index is 1.26. The molecule has 9 nitrogen and oxygen atoms in total. The second kappa shape index (κ2) is 10.4. The highest BCUT2D eigenvalue weighted by atomic mass is 32.2. The molecule has 0 saturated carbocycles. The Kier molecular flexibility index (Phi) is 7.71. The van der Waals surface area contributed by atoms with Gasteiger partial charge in [-0.15, -0.1) is 0 Å². The molecule has 0 aliphatic carbocycles. The molecule has 0 bridgehead atoms. The van der Waals surface area contributed by atoms with Crippen LogP contribution in [0.1, 0.15) is 26.7 Å². The normalized spacial score (nSPS) is 25.7. The maximum Gasteiger partial charge on any atom is 0.171 e. The molecule has 2 aliphatic heterocycles. The van der Waals surface area contributed by atoms with Gasteiger partial charge in [-0.05, 0) is 99.7 Å². The molecule has 2 aliphatic rings. The molecule has 0 radical (unpaired) electrons. The van der Waals surface area contributed by atoms with Gasteiger partial charge in [-0.2, -0.15) is 0 Å². The molecule has 2 heterocycles. The molecule has 2 saturated heterocycles. The Morgan fingerprint density at radius 1 is 0.703 bits per heavy atom. The summed E-state index contributed by atoms with van der Waals surface area (Å²) in [7, 11) is -6.06. The van der Waals surface area contributed by atoms with Gasteiger partial charge in [0, 0.05) is 11.4 Å². The van der Waals surface area contributed by atoms with Gasteiger partial charge in [0.1, 0.15) is 11.5 Å². The summed E-state index contributed by atoms with van der Waals surface area (Å²) >= 11 is 10.7. The molecule has 4 rings (SSSR count). The highest BCUT2D eigenvalue weighted by Gasteiger charge is 2.39. The largest absolute Gasteiger partial charge is 0.457 e. The Morgan fingerprint density at radius 3 is 1.35 bits per heavy atom. The van der Waals surface area contributed by atoms with Crippen molar-refractivity contribution >= 4 is 65.7 Å². The fraction of sp³-hybridized carbons (Fsp3) is 0.417. The van der Waals surface area contributed by atoms with Gasteiger partial charge in [-0.25, -0.2) is 16.8 Å². The molecule has 200 valence electrons. The number of benzene rings is 2. The van der Waals surface area contributed by atoms with Crippen LogP contribution in [0.25, 0.3) is 0 Å². The van der Waals surface area contributed by atoms with Gasteiger partial charge < -0.3 is 26.0 Å². The molecular weight excluding hydrogens is 553 g/mol. The van der Waals surface area contributed by atoms with E-state index in [4.69, 9.17) is 29.2 Å². The van der Waals surface area contributed by atoms with E-state index < -0.39 is 30.8 Å². The molecule has 0 aromatic heterocycles. The first-order valence-electron chi connectivity index (χ1n) is 11.7. The highest BCUT2D eigenvalue weighted by Crippen LogP contribution is 2.26. The first-order chi connectivity index (χ1) is 17.2. The molecule has 0 amide bonds. The van der Waals surface area contributed by atoms with Crippen LogP contribution in [0.5, 0.6) is 11.5 Å². The quantitative estimate of drug-likeness (QED) is 0.375. The molecule has 4 N–H and O–H groups in total. The third-order valence-corrected chi connectivity index (χ3v) is 10.5. The summed E-state index contributed by atoms with van der Waals surface area (Å²) in [4.78, 5) is 0. The third-order valence-electron chi connectivity index (χ3n) is 6.30. The molecular formula is C24H30N4O5S4. The van der Waals surface area contributed by atoms with E-state index in [9.17, 15) is 16.8 Å². The van der Waals surface area contributed by atoms with Crippen molar-refractivity contribution in [1.82, 2.24) is 10.6 Å². The number of hydrogen-bond donors (Lipinski definition) is 4. The topological polar surface area (TPSA) is 126 Å². The highest BCUT2D eigenvalue weighted by molar-refractivity contribution is 7.92. The molecule has 2 fully saturated rings. The van der Waals surface area contributed by atoms with Crippen LogP contribution in [0.15, 0.2) is 48.5 Å². The smallest absolute Gasteiger partial charge is 0.171 e. The molecule has 37 heavy (non-hydrogen) atoms. The maximum atomic E-state index is 11.8. The summed E-state index contributed by atoms with van der Waals surface area (Å²) in [5.74, 6) is 1.72. The van der Waals surface area contributed by atoms with E-state index in [1.165, 1.54) is 0 Å². The van der Waals surface area contributed by atoms with Crippen molar-refractivity contribution < 1.29 is 21.6 Å². The van der Waals surface area contributed by atoms with Crippen LogP contribution in [0.3, 0.4) is 0 Å². The van der Waals surface area contributed by atoms with Crippen LogP contribution < -0.4 is 26.0 Å². The van der Waals surface area contributed by atoms with Crippen molar-refractivity contribution in [2.45, 2.75) is 37.8 Å². The summed E-state index contributed by atoms with van der Waals surface area (Å²) in [5.41, 5.74) is 0.362. The lowest BCUT2D eigenvalue weighted by atomic mass is 10.0. The predicted molar refractivity (Wildman–Crippen MR) is 155 cm³/mol. The number of sulfone groups is 2. The zero-order valence-electron chi connectivity index (χ0n) is 20.5. The molecule has 13 heteroatoms. The van der Waals surface area contributed by atoms with Crippen molar-refractivity contribution in [2.75, 3.05) is 33.6 Å². The average Bonchev–Trinajstić information content (AvgIpc) is 3.22. The molecule has 0 spiro atoms. The summed E-state index contributed by atoms with van der Waals surface area (Å²) < 4.78 is 53.0. The maximum absolute atomic E-state index is 11.8. The Hall–Kier alpha value is -2.48. The molecule has 2 aromatic rings. The number of hydrogen-bond acceptors (Lipinski definition) is 7. The second-order valence-corrected chi connectivity index (χ2v) is 15.3. The van der Waals surface area contributed by atoms with Gasteiger partial charge in [0.2, 0.25) is 0 Å². The van der Waals surface area contributed by atoms with Crippen molar-refractivity contribution in [1.29, 1.82) is 0 Å². The number of thiocarbonyl (C=S) groups is 2. The minimum absolute atomic E-state index is 0.0644. The van der Waals surface area contributed by atoms with Gasteiger partial charge in [-0.3, -0.25) is 0 Å². The van der Waals surface area contributed by atoms with Crippen LogP contribution in [0.2, 0.25) is 0 Å². The number of rotatable bonds is 6. The van der Waals surface area contributed by atoms with E-state index in [0.717, 1.165) is 11.4 Å². The number of anilines is 2. The third kappa shape index (κ3) is 7.76. The van der Waals surface area contributed by atoms with Crippen LogP contribution in [-0.2, 0) is 19.7 Å². The Labute approximate surface area is 228 Å². The number of ether oxygens (including phenoxy) is 1. The van der Waals surface area contributed by atoms with E-state index in [0.29, 0.717) is 34.6 Å².